The molecule has 4 aromatic rings. The van der Waals surface area contributed by atoms with Gasteiger partial charge in [-0.25, -0.2) is 0 Å². The van der Waals surface area contributed by atoms with Crippen LogP contribution in [0.5, 0.6) is 0 Å². The van der Waals surface area contributed by atoms with Crippen LogP contribution in [-0.4, -0.2) is 0 Å². The molecular weight excluding hydrogens is 360 g/mol. The van der Waals surface area contributed by atoms with E-state index in [1.807, 2.05) is 0 Å². The molecule has 0 N–H and O–H groups in total. The number of hydrogen-bond donors (Lipinski definition) is 0. The third-order valence-corrected chi connectivity index (χ3v) is 4.54. The first-order valence-corrected chi connectivity index (χ1v) is 9.87. The van der Waals surface area contributed by atoms with E-state index in [2.05, 4.69) is 126 Å². The molecule has 0 unspecified atom stereocenters. The van der Waals surface area contributed by atoms with E-state index in [0.717, 1.165) is 0 Å². The van der Waals surface area contributed by atoms with Crippen LogP contribution in [0.3, 0.4) is 0 Å². The maximum atomic E-state index is 2.22. The Bertz CT molecular complexity index is 928. The average Bonchev–Trinajstić information content (AvgIpc) is 2.65. The molecule has 0 aliphatic heterocycles. The maximum Gasteiger partial charge on any atom is -0.0181 e. The van der Waals surface area contributed by atoms with Gasteiger partial charge in [0.05, 0.1) is 0 Å². The largest absolute Gasteiger partial charge is 0.0776 e. The maximum absolute atomic E-state index is 2.22. The van der Waals surface area contributed by atoms with E-state index in [1.165, 1.54) is 44.2 Å². The molecule has 4 rings (SSSR count). The highest BCUT2D eigenvalue weighted by atomic mass is 14.0. The molecule has 0 nitrogen and oxygen atoms in total. The van der Waals surface area contributed by atoms with Crippen LogP contribution in [-0.2, 0) is 0 Å². The van der Waals surface area contributed by atoms with Gasteiger partial charge >= 0.3 is 0 Å². The summed E-state index contributed by atoms with van der Waals surface area (Å²) in [6.45, 7) is 12.7. The summed E-state index contributed by atoms with van der Waals surface area (Å²) in [4.78, 5) is 0. The zero-order chi connectivity index (χ0) is 20.5. The van der Waals surface area contributed by atoms with Crippen LogP contribution in [0.4, 0.5) is 0 Å². The first kappa shape index (κ1) is 27.1. The molecule has 160 valence electrons. The van der Waals surface area contributed by atoms with E-state index in [0.29, 0.717) is 0 Å². The van der Waals surface area contributed by atoms with Crippen molar-refractivity contribution in [1.82, 2.24) is 0 Å². The predicted octanol–water partition coefficient (Wildman–Crippen LogP) is 9.34. The Hall–Kier alpha value is -2.86. The molecule has 0 saturated heterocycles. The molecule has 0 aliphatic carbocycles. The van der Waals surface area contributed by atoms with Gasteiger partial charge in [0.15, 0.2) is 0 Å². The van der Waals surface area contributed by atoms with Gasteiger partial charge in [0.2, 0.25) is 0 Å². The zero-order valence-corrected chi connectivity index (χ0v) is 18.1. The molecule has 0 aliphatic rings. The molecule has 0 spiro atoms. The Morgan fingerprint density at radius 2 is 0.633 bits per heavy atom. The summed E-state index contributed by atoms with van der Waals surface area (Å²) in [6.07, 6.45) is 0. The van der Waals surface area contributed by atoms with E-state index < -0.39 is 0 Å². The van der Waals surface area contributed by atoms with Crippen LogP contribution < -0.4 is 0 Å². The second-order valence-electron chi connectivity index (χ2n) is 7.67. The van der Waals surface area contributed by atoms with Crippen LogP contribution in [0, 0.1) is 41.5 Å². The molecule has 30 heavy (non-hydrogen) atoms. The van der Waals surface area contributed by atoms with Gasteiger partial charge in [0, 0.05) is 0 Å². The number of hydrogen-bond acceptors (Lipinski definition) is 0. The van der Waals surface area contributed by atoms with Crippen LogP contribution in [0.1, 0.15) is 48.2 Å². The summed E-state index contributed by atoms with van der Waals surface area (Å²) in [5.74, 6) is 0. The Kier molecular flexibility index (Phi) is 12.1. The second kappa shape index (κ2) is 13.4. The smallest absolute Gasteiger partial charge is 0.0181 e. The van der Waals surface area contributed by atoms with Crippen molar-refractivity contribution in [3.63, 3.8) is 0 Å². The van der Waals surface area contributed by atoms with Crippen molar-refractivity contribution >= 4 is 10.8 Å². The van der Waals surface area contributed by atoms with Gasteiger partial charge in [-0.3, -0.25) is 0 Å². The van der Waals surface area contributed by atoms with Gasteiger partial charge < -0.3 is 0 Å². The third kappa shape index (κ3) is 9.56. The van der Waals surface area contributed by atoms with Crippen LogP contribution in [0.2, 0.25) is 0 Å². The average molecular weight is 401 g/mol. The minimum Gasteiger partial charge on any atom is -0.0776 e. The van der Waals surface area contributed by atoms with E-state index in [1.54, 1.807) is 0 Å². The summed E-state index contributed by atoms with van der Waals surface area (Å²) in [7, 11) is 0. The van der Waals surface area contributed by atoms with Gasteiger partial charge in [0.1, 0.15) is 0 Å². The van der Waals surface area contributed by atoms with Crippen molar-refractivity contribution in [3.05, 3.63) is 118 Å². The van der Waals surface area contributed by atoms with Gasteiger partial charge in [0.25, 0.3) is 0 Å². The summed E-state index contributed by atoms with van der Waals surface area (Å²) in [5.41, 5.74) is 7.99. The lowest BCUT2D eigenvalue weighted by Crippen LogP contribution is -1.76. The fourth-order valence-corrected chi connectivity index (χ4v) is 2.93. The van der Waals surface area contributed by atoms with Gasteiger partial charge in [-0.2, -0.15) is 0 Å². The molecule has 0 heteroatoms. The highest BCUT2D eigenvalue weighted by molar-refractivity contribution is 5.83. The number of fused-ring (bicyclic) bond motifs is 1. The lowest BCUT2D eigenvalue weighted by atomic mass is 10.1. The molecule has 0 amide bonds. The molecule has 4 aromatic carbocycles. The van der Waals surface area contributed by atoms with Gasteiger partial charge in [-0.15, -0.1) is 0 Å². The van der Waals surface area contributed by atoms with Gasteiger partial charge in [-0.05, 0) is 52.3 Å². The van der Waals surface area contributed by atoms with E-state index in [4.69, 9.17) is 0 Å². The van der Waals surface area contributed by atoms with Crippen LogP contribution in [0.15, 0.2) is 84.9 Å². The zero-order valence-electron chi connectivity index (χ0n) is 18.1. The topological polar surface area (TPSA) is 0 Å². The first-order chi connectivity index (χ1) is 13.3. The lowest BCUT2D eigenvalue weighted by molar-refractivity contribution is 1.39. The molecule has 0 fully saturated rings. The molecule has 0 radical (unpaired) electrons. The minimum atomic E-state index is 0. The highest BCUT2D eigenvalue weighted by Crippen LogP contribution is 2.16. The van der Waals surface area contributed by atoms with E-state index >= 15 is 0 Å². The summed E-state index contributed by atoms with van der Waals surface area (Å²) in [5, 5.41) is 2.67. The van der Waals surface area contributed by atoms with Gasteiger partial charge in [-0.1, -0.05) is 133 Å². The van der Waals surface area contributed by atoms with Crippen molar-refractivity contribution in [3.8, 4) is 0 Å². The molecule has 0 saturated carbocycles. The Morgan fingerprint density at radius 3 is 0.933 bits per heavy atom. The molecule has 0 atom stereocenters. The Morgan fingerprint density at radius 1 is 0.333 bits per heavy atom. The first-order valence-electron chi connectivity index (χ1n) is 9.87. The molecular formula is C30H40. The van der Waals surface area contributed by atoms with Crippen LogP contribution in [0.25, 0.3) is 10.8 Å². The Labute approximate surface area is 185 Å². The lowest BCUT2D eigenvalue weighted by Gasteiger charge is -1.99. The minimum absolute atomic E-state index is 0. The summed E-state index contributed by atoms with van der Waals surface area (Å²) >= 11 is 0. The van der Waals surface area contributed by atoms with Crippen molar-refractivity contribution < 1.29 is 0 Å². The second-order valence-corrected chi connectivity index (χ2v) is 7.67. The summed E-state index contributed by atoms with van der Waals surface area (Å²) < 4.78 is 0. The van der Waals surface area contributed by atoms with Crippen LogP contribution >= 0.6 is 0 Å². The molecule has 0 aromatic heterocycles. The quantitative estimate of drug-likeness (QED) is 0.276. The predicted molar refractivity (Wildman–Crippen MR) is 139 cm³/mol. The van der Waals surface area contributed by atoms with Crippen molar-refractivity contribution in [2.75, 3.05) is 0 Å². The fraction of sp³-hybridized carbons (Fsp3) is 0.267. The van der Waals surface area contributed by atoms with Crippen molar-refractivity contribution in [2.24, 2.45) is 0 Å². The number of rotatable bonds is 0. The van der Waals surface area contributed by atoms with Crippen molar-refractivity contribution in [2.45, 2.75) is 56.4 Å². The number of benzene rings is 4. The third-order valence-electron chi connectivity index (χ3n) is 4.54. The van der Waals surface area contributed by atoms with E-state index in [9.17, 15) is 0 Å². The monoisotopic (exact) mass is 400 g/mol. The Balaban J connectivity index is 0.000000420. The number of aryl methyl sites for hydroxylation is 6. The standard InChI is InChI=1S/C12H12.2C8H10.2CH4/c1-9-3-5-12-8-10(2)4-6-11(12)7-9;1-7-3-5-8(2)6-4-7;1-7-4-3-5-8(2)6-7;;/h3-8H,1-2H3;2*3-6H,1-2H3;2*1H4. The fourth-order valence-electron chi connectivity index (χ4n) is 2.93. The van der Waals surface area contributed by atoms with Crippen molar-refractivity contribution in [1.29, 1.82) is 0 Å². The summed E-state index contributed by atoms with van der Waals surface area (Å²) in [6, 6.07) is 30.0. The highest BCUT2D eigenvalue weighted by Gasteiger charge is 1.92. The molecule has 0 heterocycles. The molecule has 0 bridgehead atoms. The SMILES string of the molecule is C.C.Cc1ccc(C)cc1.Cc1ccc2cc(C)ccc2c1.Cc1cccc(C)c1. The van der Waals surface area contributed by atoms with E-state index in [-0.39, 0.29) is 14.9 Å². The normalized spacial score (nSPS) is 9.13.